The van der Waals surface area contributed by atoms with Gasteiger partial charge in [0.1, 0.15) is 5.75 Å². The molecule has 0 radical (unpaired) electrons. The highest BCUT2D eigenvalue weighted by Crippen LogP contribution is 2.14. The number of hydrogen-bond acceptors (Lipinski definition) is 3. The highest BCUT2D eigenvalue weighted by molar-refractivity contribution is 5.89. The van der Waals surface area contributed by atoms with Gasteiger partial charge >= 0.3 is 0 Å². The minimum Gasteiger partial charge on any atom is -0.497 e. The van der Waals surface area contributed by atoms with Gasteiger partial charge in [0.25, 0.3) is 0 Å². The molecular weight excluding hydrogens is 226 g/mol. The molecule has 0 heterocycles. The number of ketones is 1. The van der Waals surface area contributed by atoms with E-state index in [2.05, 4.69) is 5.32 Å². The molecule has 0 amide bonds. The maximum Gasteiger partial charge on any atom is 0.154 e. The fourth-order valence-corrected chi connectivity index (χ4v) is 1.88. The van der Waals surface area contributed by atoms with Crippen molar-refractivity contribution in [1.29, 1.82) is 0 Å². The zero-order valence-corrected chi connectivity index (χ0v) is 11.9. The second-order valence-corrected chi connectivity index (χ2v) is 5.35. The topological polar surface area (TPSA) is 38.3 Å². The van der Waals surface area contributed by atoms with Crippen LogP contribution in [0.25, 0.3) is 0 Å². The third-order valence-corrected chi connectivity index (χ3v) is 3.03. The lowest BCUT2D eigenvalue weighted by molar-refractivity contribution is -0.127. The van der Waals surface area contributed by atoms with Crippen LogP contribution in [0.2, 0.25) is 0 Å². The van der Waals surface area contributed by atoms with E-state index in [1.54, 1.807) is 7.11 Å². The Morgan fingerprint density at radius 2 is 1.83 bits per heavy atom. The molecule has 0 fully saturated rings. The lowest BCUT2D eigenvalue weighted by atomic mass is 9.90. The number of hydrogen-bond donors (Lipinski definition) is 1. The first kappa shape index (κ1) is 14.7. The highest BCUT2D eigenvalue weighted by Gasteiger charge is 2.28. The SMILES string of the molecule is COc1ccc(CNC(C)(C)C(=O)C(C)C)cc1. The summed E-state index contributed by atoms with van der Waals surface area (Å²) in [6.45, 7) is 8.39. The standard InChI is InChI=1S/C15H23NO2/c1-11(2)14(17)15(3,4)16-10-12-6-8-13(18-5)9-7-12/h6-9,11,16H,10H2,1-5H3. The van der Waals surface area contributed by atoms with Crippen LogP contribution in [0, 0.1) is 5.92 Å². The van der Waals surface area contributed by atoms with Crippen molar-refractivity contribution in [3.63, 3.8) is 0 Å². The van der Waals surface area contributed by atoms with Gasteiger partial charge in [0.05, 0.1) is 12.6 Å². The quantitative estimate of drug-likeness (QED) is 0.842. The molecule has 100 valence electrons. The lowest BCUT2D eigenvalue weighted by Crippen LogP contribution is -2.48. The van der Waals surface area contributed by atoms with E-state index >= 15 is 0 Å². The van der Waals surface area contributed by atoms with Gasteiger partial charge in [0.15, 0.2) is 5.78 Å². The summed E-state index contributed by atoms with van der Waals surface area (Å²) in [5, 5.41) is 3.30. The maximum absolute atomic E-state index is 12.0. The third kappa shape index (κ3) is 3.84. The van der Waals surface area contributed by atoms with Crippen molar-refractivity contribution in [1.82, 2.24) is 5.32 Å². The van der Waals surface area contributed by atoms with Crippen LogP contribution in [0.1, 0.15) is 33.3 Å². The molecule has 18 heavy (non-hydrogen) atoms. The molecule has 0 atom stereocenters. The molecule has 0 aliphatic carbocycles. The fourth-order valence-electron chi connectivity index (χ4n) is 1.88. The zero-order valence-electron chi connectivity index (χ0n) is 11.9. The van der Waals surface area contributed by atoms with E-state index in [0.717, 1.165) is 11.3 Å². The van der Waals surface area contributed by atoms with Crippen molar-refractivity contribution in [3.8, 4) is 5.75 Å². The summed E-state index contributed by atoms with van der Waals surface area (Å²) in [6, 6.07) is 7.85. The van der Waals surface area contributed by atoms with Crippen LogP contribution in [0.5, 0.6) is 5.75 Å². The van der Waals surface area contributed by atoms with Gasteiger partial charge in [-0.1, -0.05) is 26.0 Å². The van der Waals surface area contributed by atoms with Gasteiger partial charge in [-0.25, -0.2) is 0 Å². The van der Waals surface area contributed by atoms with E-state index in [-0.39, 0.29) is 11.7 Å². The predicted octanol–water partition coefficient (Wildman–Crippen LogP) is 2.79. The Morgan fingerprint density at radius 3 is 2.28 bits per heavy atom. The summed E-state index contributed by atoms with van der Waals surface area (Å²) in [4.78, 5) is 12.0. The number of benzene rings is 1. The Kier molecular flexibility index (Phi) is 4.91. The van der Waals surface area contributed by atoms with E-state index in [1.165, 1.54) is 0 Å². The molecule has 0 spiro atoms. The van der Waals surface area contributed by atoms with Crippen LogP contribution >= 0.6 is 0 Å². The molecule has 0 aliphatic heterocycles. The molecule has 1 aromatic rings. The first-order valence-corrected chi connectivity index (χ1v) is 6.29. The third-order valence-electron chi connectivity index (χ3n) is 3.03. The van der Waals surface area contributed by atoms with Crippen molar-refractivity contribution in [2.45, 2.75) is 39.8 Å². The molecule has 1 aromatic carbocycles. The predicted molar refractivity (Wildman–Crippen MR) is 73.8 cm³/mol. The normalized spacial score (nSPS) is 11.7. The molecule has 1 rings (SSSR count). The Hall–Kier alpha value is -1.35. The summed E-state index contributed by atoms with van der Waals surface area (Å²) in [6.07, 6.45) is 0. The summed E-state index contributed by atoms with van der Waals surface area (Å²) >= 11 is 0. The smallest absolute Gasteiger partial charge is 0.154 e. The van der Waals surface area contributed by atoms with Gasteiger partial charge in [0.2, 0.25) is 0 Å². The van der Waals surface area contributed by atoms with Crippen LogP contribution in [0.3, 0.4) is 0 Å². The van der Waals surface area contributed by atoms with Gasteiger partial charge < -0.3 is 10.1 Å². The Labute approximate surface area is 110 Å². The summed E-state index contributed by atoms with van der Waals surface area (Å²) in [5.41, 5.74) is 0.647. The van der Waals surface area contributed by atoms with E-state index in [9.17, 15) is 4.79 Å². The van der Waals surface area contributed by atoms with E-state index in [0.29, 0.717) is 6.54 Å². The first-order chi connectivity index (χ1) is 8.36. The molecule has 0 saturated carbocycles. The lowest BCUT2D eigenvalue weighted by Gasteiger charge is -2.26. The molecule has 3 nitrogen and oxygen atoms in total. The molecule has 0 bridgehead atoms. The van der Waals surface area contributed by atoms with Crippen LogP contribution < -0.4 is 10.1 Å². The maximum atomic E-state index is 12.0. The van der Waals surface area contributed by atoms with Gasteiger partial charge in [-0.3, -0.25) is 4.79 Å². The minimum absolute atomic E-state index is 0.0448. The van der Waals surface area contributed by atoms with Crippen LogP contribution in [0.4, 0.5) is 0 Å². The van der Waals surface area contributed by atoms with Crippen LogP contribution in [-0.4, -0.2) is 18.4 Å². The zero-order chi connectivity index (χ0) is 13.8. The van der Waals surface area contributed by atoms with Crippen molar-refractivity contribution in [2.75, 3.05) is 7.11 Å². The summed E-state index contributed by atoms with van der Waals surface area (Å²) in [5.74, 6) is 1.12. The average molecular weight is 249 g/mol. The Balaban J connectivity index is 2.61. The van der Waals surface area contributed by atoms with Gasteiger partial charge in [-0.2, -0.15) is 0 Å². The van der Waals surface area contributed by atoms with Crippen molar-refractivity contribution >= 4 is 5.78 Å². The number of ether oxygens (including phenoxy) is 1. The number of carbonyl (C=O) groups is 1. The first-order valence-electron chi connectivity index (χ1n) is 6.29. The highest BCUT2D eigenvalue weighted by atomic mass is 16.5. The molecule has 0 saturated heterocycles. The van der Waals surface area contributed by atoms with Crippen molar-refractivity contribution in [2.24, 2.45) is 5.92 Å². The number of methoxy groups -OCH3 is 1. The molecule has 0 aliphatic rings. The van der Waals surface area contributed by atoms with E-state index < -0.39 is 5.54 Å². The molecular formula is C15H23NO2. The van der Waals surface area contributed by atoms with E-state index in [4.69, 9.17) is 4.74 Å². The second-order valence-electron chi connectivity index (χ2n) is 5.35. The second kappa shape index (κ2) is 6.01. The Morgan fingerprint density at radius 1 is 1.28 bits per heavy atom. The average Bonchev–Trinajstić information content (AvgIpc) is 2.36. The molecule has 1 N–H and O–H groups in total. The monoisotopic (exact) mass is 249 g/mol. The Bertz CT molecular complexity index is 393. The van der Waals surface area contributed by atoms with E-state index in [1.807, 2.05) is 52.0 Å². The molecule has 0 unspecified atom stereocenters. The van der Waals surface area contributed by atoms with Gasteiger partial charge in [0, 0.05) is 12.5 Å². The van der Waals surface area contributed by atoms with Gasteiger partial charge in [-0.05, 0) is 31.5 Å². The summed E-state index contributed by atoms with van der Waals surface area (Å²) < 4.78 is 5.11. The number of rotatable bonds is 6. The van der Waals surface area contributed by atoms with Crippen molar-refractivity contribution < 1.29 is 9.53 Å². The minimum atomic E-state index is -0.492. The van der Waals surface area contributed by atoms with Crippen molar-refractivity contribution in [3.05, 3.63) is 29.8 Å². The fraction of sp³-hybridized carbons (Fsp3) is 0.533. The number of carbonyl (C=O) groups excluding carboxylic acids is 1. The van der Waals surface area contributed by atoms with Gasteiger partial charge in [-0.15, -0.1) is 0 Å². The number of nitrogens with one attached hydrogen (secondary N) is 1. The molecule has 0 aromatic heterocycles. The number of Topliss-reactive ketones (excluding diaryl/α,β-unsaturated/α-hetero) is 1. The van der Waals surface area contributed by atoms with Crippen LogP contribution in [0.15, 0.2) is 24.3 Å². The summed E-state index contributed by atoms with van der Waals surface area (Å²) in [7, 11) is 1.65. The molecule has 3 heteroatoms. The van der Waals surface area contributed by atoms with Crippen LogP contribution in [-0.2, 0) is 11.3 Å². The largest absolute Gasteiger partial charge is 0.497 e.